The van der Waals surface area contributed by atoms with Gasteiger partial charge in [0.15, 0.2) is 0 Å². The molecule has 26 heavy (non-hydrogen) atoms. The predicted molar refractivity (Wildman–Crippen MR) is 97.7 cm³/mol. The Bertz CT molecular complexity index is 671. The van der Waals surface area contributed by atoms with E-state index in [1.807, 2.05) is 24.8 Å². The zero-order valence-electron chi connectivity index (χ0n) is 15.1. The molecule has 0 bridgehead atoms. The van der Waals surface area contributed by atoms with Crippen LogP contribution < -0.4 is 16.0 Å². The van der Waals surface area contributed by atoms with Gasteiger partial charge in [0.05, 0.1) is 17.5 Å². The van der Waals surface area contributed by atoms with Gasteiger partial charge < -0.3 is 20.9 Å². The molecule has 142 valence electrons. The second kappa shape index (κ2) is 8.61. The fourth-order valence-electron chi connectivity index (χ4n) is 2.71. The molecule has 0 spiro atoms. The second-order valence-corrected chi connectivity index (χ2v) is 6.63. The summed E-state index contributed by atoms with van der Waals surface area (Å²) in [4.78, 5) is 38.2. The van der Waals surface area contributed by atoms with Crippen molar-refractivity contribution >= 4 is 23.2 Å². The Labute approximate surface area is 152 Å². The van der Waals surface area contributed by atoms with Crippen molar-refractivity contribution in [2.75, 3.05) is 37.6 Å². The Morgan fingerprint density at radius 1 is 1.27 bits per heavy atom. The molecular weight excluding hydrogens is 338 g/mol. The normalized spacial score (nSPS) is 15.7. The minimum Gasteiger partial charge on any atom is -0.368 e. The van der Waals surface area contributed by atoms with Gasteiger partial charge in [-0.1, -0.05) is 19.9 Å². The monoisotopic (exact) mass is 363 g/mol. The molecule has 1 heterocycles. The van der Waals surface area contributed by atoms with E-state index in [9.17, 15) is 19.7 Å². The second-order valence-electron chi connectivity index (χ2n) is 6.63. The maximum atomic E-state index is 12.2. The lowest BCUT2D eigenvalue weighted by molar-refractivity contribution is -0.384. The lowest BCUT2D eigenvalue weighted by Gasteiger charge is -2.36. The maximum Gasteiger partial charge on any atom is 0.271 e. The van der Waals surface area contributed by atoms with E-state index in [0.29, 0.717) is 26.2 Å². The smallest absolute Gasteiger partial charge is 0.271 e. The molecule has 1 atom stereocenters. The lowest BCUT2D eigenvalue weighted by Crippen LogP contribution is -2.52. The Kier molecular flexibility index (Phi) is 6.51. The molecule has 9 nitrogen and oxygen atoms in total. The number of nitro benzene ring substituents is 1. The number of amides is 2. The summed E-state index contributed by atoms with van der Waals surface area (Å²) in [5.41, 5.74) is 6.56. The number of nitro groups is 1. The summed E-state index contributed by atoms with van der Waals surface area (Å²) >= 11 is 0. The quantitative estimate of drug-likeness (QED) is 0.555. The van der Waals surface area contributed by atoms with E-state index in [2.05, 4.69) is 5.32 Å². The van der Waals surface area contributed by atoms with Crippen molar-refractivity contribution in [3.05, 3.63) is 34.4 Å². The van der Waals surface area contributed by atoms with Crippen molar-refractivity contribution < 1.29 is 14.5 Å². The highest BCUT2D eigenvalue weighted by molar-refractivity contribution is 5.87. The minimum atomic E-state index is -0.631. The summed E-state index contributed by atoms with van der Waals surface area (Å²) in [6.07, 6.45) is 0. The average molecular weight is 363 g/mol. The van der Waals surface area contributed by atoms with Crippen molar-refractivity contribution in [3.8, 4) is 0 Å². The third-order valence-corrected chi connectivity index (χ3v) is 4.47. The largest absolute Gasteiger partial charge is 0.368 e. The van der Waals surface area contributed by atoms with Gasteiger partial charge in [0.1, 0.15) is 0 Å². The van der Waals surface area contributed by atoms with E-state index >= 15 is 0 Å². The fourth-order valence-corrected chi connectivity index (χ4v) is 2.71. The van der Waals surface area contributed by atoms with Crippen LogP contribution in [0.4, 0.5) is 11.4 Å². The molecule has 1 aliphatic rings. The van der Waals surface area contributed by atoms with Crippen LogP contribution >= 0.6 is 0 Å². The molecule has 3 N–H and O–H groups in total. The third-order valence-electron chi connectivity index (χ3n) is 4.47. The zero-order chi connectivity index (χ0) is 19.3. The summed E-state index contributed by atoms with van der Waals surface area (Å²) in [6.45, 7) is 5.76. The SMILES string of the molecule is CC(C)[C@H](N)C(=O)NCC(=O)N1CCN(c2cccc([N+](=O)[O-])c2)CC1. The molecule has 2 amide bonds. The molecule has 1 aromatic rings. The summed E-state index contributed by atoms with van der Waals surface area (Å²) in [5, 5.41) is 13.5. The molecule has 0 aromatic heterocycles. The molecule has 0 saturated carbocycles. The number of carbonyl (C=O) groups is 2. The standard InChI is InChI=1S/C17H25N5O4/c1-12(2)16(18)17(24)19-11-15(23)21-8-6-20(7-9-21)13-4-3-5-14(10-13)22(25)26/h3-5,10,12,16H,6-9,11,18H2,1-2H3,(H,19,24)/t16-/m0/s1. The number of nitrogens with two attached hydrogens (primary N) is 1. The first kappa shape index (κ1) is 19.6. The van der Waals surface area contributed by atoms with Gasteiger partial charge in [-0.3, -0.25) is 19.7 Å². The van der Waals surface area contributed by atoms with Crippen LogP contribution in [0, 0.1) is 16.0 Å². The van der Waals surface area contributed by atoms with Crippen LogP contribution in [0.5, 0.6) is 0 Å². The number of nitrogens with zero attached hydrogens (tertiary/aromatic N) is 3. The molecule has 0 aliphatic carbocycles. The topological polar surface area (TPSA) is 122 Å². The van der Waals surface area contributed by atoms with Crippen LogP contribution in [-0.4, -0.2) is 60.4 Å². The minimum absolute atomic E-state index is 0.00331. The van der Waals surface area contributed by atoms with Gasteiger partial charge in [-0.2, -0.15) is 0 Å². The van der Waals surface area contributed by atoms with Crippen LogP contribution in [0.2, 0.25) is 0 Å². The molecule has 1 fully saturated rings. The Balaban J connectivity index is 1.84. The Morgan fingerprint density at radius 3 is 2.50 bits per heavy atom. The third kappa shape index (κ3) is 4.92. The van der Waals surface area contributed by atoms with Gasteiger partial charge in [-0.15, -0.1) is 0 Å². The first-order valence-corrected chi connectivity index (χ1v) is 8.60. The van der Waals surface area contributed by atoms with Crippen molar-refractivity contribution in [2.45, 2.75) is 19.9 Å². The van der Waals surface area contributed by atoms with E-state index in [4.69, 9.17) is 5.73 Å². The Hall–Kier alpha value is -2.68. The first-order valence-electron chi connectivity index (χ1n) is 8.60. The number of carbonyl (C=O) groups excluding carboxylic acids is 2. The van der Waals surface area contributed by atoms with Crippen LogP contribution in [0.3, 0.4) is 0 Å². The Morgan fingerprint density at radius 2 is 1.92 bits per heavy atom. The van der Waals surface area contributed by atoms with Gasteiger partial charge in [-0.25, -0.2) is 0 Å². The van der Waals surface area contributed by atoms with Crippen LogP contribution in [-0.2, 0) is 9.59 Å². The summed E-state index contributed by atoms with van der Waals surface area (Å²) in [5.74, 6) is -0.486. The number of rotatable bonds is 6. The van der Waals surface area contributed by atoms with E-state index in [1.54, 1.807) is 11.0 Å². The zero-order valence-corrected chi connectivity index (χ0v) is 15.1. The van der Waals surface area contributed by atoms with Gasteiger partial charge >= 0.3 is 0 Å². The number of nitrogens with one attached hydrogen (secondary N) is 1. The highest BCUT2D eigenvalue weighted by Crippen LogP contribution is 2.22. The molecule has 0 unspecified atom stereocenters. The summed E-state index contributed by atoms with van der Waals surface area (Å²) in [6, 6.07) is 5.82. The van der Waals surface area contributed by atoms with Gasteiger partial charge in [0.2, 0.25) is 11.8 Å². The van der Waals surface area contributed by atoms with E-state index in [0.717, 1.165) is 5.69 Å². The number of anilines is 1. The van der Waals surface area contributed by atoms with Crippen LogP contribution in [0.25, 0.3) is 0 Å². The molecule has 0 radical (unpaired) electrons. The molecule has 9 heteroatoms. The highest BCUT2D eigenvalue weighted by atomic mass is 16.6. The van der Waals surface area contributed by atoms with Crippen molar-refractivity contribution in [3.63, 3.8) is 0 Å². The molecular formula is C17H25N5O4. The van der Waals surface area contributed by atoms with E-state index in [1.165, 1.54) is 12.1 Å². The number of non-ortho nitro benzene ring substituents is 1. The number of hydrogen-bond donors (Lipinski definition) is 2. The van der Waals surface area contributed by atoms with E-state index < -0.39 is 11.0 Å². The fraction of sp³-hybridized carbons (Fsp3) is 0.529. The summed E-state index contributed by atoms with van der Waals surface area (Å²) in [7, 11) is 0. The number of hydrogen-bond acceptors (Lipinski definition) is 6. The van der Waals surface area contributed by atoms with Gasteiger partial charge in [-0.05, 0) is 12.0 Å². The first-order chi connectivity index (χ1) is 12.3. The molecule has 1 aliphatic heterocycles. The van der Waals surface area contributed by atoms with Gasteiger partial charge in [0.25, 0.3) is 5.69 Å². The molecule has 2 rings (SSSR count). The van der Waals surface area contributed by atoms with Crippen molar-refractivity contribution in [1.82, 2.24) is 10.2 Å². The average Bonchev–Trinajstić information content (AvgIpc) is 2.65. The van der Waals surface area contributed by atoms with Gasteiger partial charge in [0, 0.05) is 44.0 Å². The van der Waals surface area contributed by atoms with Crippen molar-refractivity contribution in [2.24, 2.45) is 11.7 Å². The summed E-state index contributed by atoms with van der Waals surface area (Å²) < 4.78 is 0. The molecule has 1 aromatic carbocycles. The lowest BCUT2D eigenvalue weighted by atomic mass is 10.1. The highest BCUT2D eigenvalue weighted by Gasteiger charge is 2.23. The van der Waals surface area contributed by atoms with Crippen LogP contribution in [0.15, 0.2) is 24.3 Å². The maximum absolute atomic E-state index is 12.2. The van der Waals surface area contributed by atoms with Crippen LogP contribution in [0.1, 0.15) is 13.8 Å². The molecule has 1 saturated heterocycles. The van der Waals surface area contributed by atoms with E-state index in [-0.39, 0.29) is 30.0 Å². The van der Waals surface area contributed by atoms with Crippen molar-refractivity contribution in [1.29, 1.82) is 0 Å². The number of piperazine rings is 1. The number of benzene rings is 1. The predicted octanol–water partition coefficient (Wildman–Crippen LogP) is 0.343.